The highest BCUT2D eigenvalue weighted by atomic mass is 19.1. The molecule has 0 unspecified atom stereocenters. The number of hydrogen-bond acceptors (Lipinski definition) is 2. The van der Waals surface area contributed by atoms with Gasteiger partial charge in [0, 0.05) is 24.2 Å². The van der Waals surface area contributed by atoms with Crippen LogP contribution in [-0.4, -0.2) is 22.2 Å². The van der Waals surface area contributed by atoms with E-state index in [0.717, 1.165) is 36.2 Å². The lowest BCUT2D eigenvalue weighted by molar-refractivity contribution is 0.111. The summed E-state index contributed by atoms with van der Waals surface area (Å²) in [7, 11) is 1.64. The van der Waals surface area contributed by atoms with Crippen LogP contribution in [0, 0.1) is 11.6 Å². The van der Waals surface area contributed by atoms with E-state index in [9.17, 15) is 13.6 Å². The number of ether oxygens (including phenoxy) is 1. The first-order chi connectivity index (χ1) is 14.0. The number of methoxy groups -OCH3 is 1. The molecule has 0 saturated carbocycles. The quantitative estimate of drug-likeness (QED) is 0.431. The molecule has 0 bridgehead atoms. The molecule has 0 spiro atoms. The zero-order valence-electron chi connectivity index (χ0n) is 16.8. The van der Waals surface area contributed by atoms with Gasteiger partial charge in [0.25, 0.3) is 0 Å². The Bertz CT molecular complexity index is 1140. The van der Waals surface area contributed by atoms with Gasteiger partial charge in [-0.3, -0.25) is 4.79 Å². The van der Waals surface area contributed by atoms with E-state index in [1.165, 1.54) is 18.2 Å². The summed E-state index contributed by atoms with van der Waals surface area (Å²) >= 11 is 0. The molecule has 0 radical (unpaired) electrons. The number of aldehydes is 1. The second-order valence-corrected chi connectivity index (χ2v) is 6.63. The minimum Gasteiger partial charge on any atom is -0.378 e. The van der Waals surface area contributed by atoms with Gasteiger partial charge in [0.1, 0.15) is 11.6 Å². The van der Waals surface area contributed by atoms with Crippen LogP contribution in [0.15, 0.2) is 48.5 Å². The van der Waals surface area contributed by atoms with Gasteiger partial charge in [-0.1, -0.05) is 13.8 Å². The highest BCUT2D eigenvalue weighted by Gasteiger charge is 2.09. The number of pyridine rings is 2. The van der Waals surface area contributed by atoms with Crippen LogP contribution in [0.3, 0.4) is 0 Å². The highest BCUT2D eigenvalue weighted by Crippen LogP contribution is 2.18. The van der Waals surface area contributed by atoms with Crippen LogP contribution in [0.1, 0.15) is 41.4 Å². The van der Waals surface area contributed by atoms with Crippen molar-refractivity contribution in [3.05, 3.63) is 82.9 Å². The van der Waals surface area contributed by atoms with Gasteiger partial charge in [0.2, 0.25) is 0 Å². The number of fused-ring (bicyclic) bond motifs is 2. The van der Waals surface area contributed by atoms with Gasteiger partial charge in [-0.05, 0) is 61.4 Å². The highest BCUT2D eigenvalue weighted by molar-refractivity contribution is 5.75. The Labute approximate surface area is 168 Å². The van der Waals surface area contributed by atoms with E-state index in [4.69, 9.17) is 4.74 Å². The van der Waals surface area contributed by atoms with E-state index < -0.39 is 0 Å². The fourth-order valence-electron chi connectivity index (χ4n) is 3.53. The third-order valence-corrected chi connectivity index (χ3v) is 4.92. The average molecular weight is 398 g/mol. The van der Waals surface area contributed by atoms with Crippen molar-refractivity contribution in [1.29, 1.82) is 0 Å². The third kappa shape index (κ3) is 3.93. The fourth-order valence-corrected chi connectivity index (χ4v) is 3.53. The third-order valence-electron chi connectivity index (χ3n) is 4.92. The number of hydrogen-bond donors (Lipinski definition) is 0. The maximum atomic E-state index is 13.5. The van der Waals surface area contributed by atoms with Gasteiger partial charge < -0.3 is 13.5 Å². The molecular weight excluding hydrogens is 374 g/mol. The smallest absolute Gasteiger partial charge is 0.166 e. The minimum atomic E-state index is -0.296. The van der Waals surface area contributed by atoms with Crippen LogP contribution in [-0.2, 0) is 24.2 Å². The molecule has 0 aliphatic heterocycles. The molecule has 0 aromatic carbocycles. The summed E-state index contributed by atoms with van der Waals surface area (Å²) in [5.41, 5.74) is 4.62. The van der Waals surface area contributed by atoms with Crippen molar-refractivity contribution in [2.24, 2.45) is 0 Å². The lowest BCUT2D eigenvalue weighted by atomic mass is 10.3. The Morgan fingerprint density at radius 3 is 1.86 bits per heavy atom. The number of nitrogens with zero attached hydrogens (tertiary/aromatic N) is 2. The molecule has 4 rings (SSSR count). The van der Waals surface area contributed by atoms with Gasteiger partial charge in [0.05, 0.1) is 23.3 Å². The van der Waals surface area contributed by atoms with E-state index in [1.54, 1.807) is 23.6 Å². The van der Waals surface area contributed by atoms with Crippen LogP contribution < -0.4 is 0 Å². The van der Waals surface area contributed by atoms with E-state index in [0.29, 0.717) is 23.3 Å². The van der Waals surface area contributed by atoms with Crippen molar-refractivity contribution in [1.82, 2.24) is 8.80 Å². The second-order valence-electron chi connectivity index (χ2n) is 6.63. The number of rotatable bonds is 5. The first kappa shape index (κ1) is 20.7. The Kier molecular flexibility index (Phi) is 6.44. The van der Waals surface area contributed by atoms with Crippen molar-refractivity contribution in [3.63, 3.8) is 0 Å². The first-order valence-electron chi connectivity index (χ1n) is 9.56. The molecule has 0 fully saturated rings. The molecule has 152 valence electrons. The Hall–Kier alpha value is -2.99. The number of aryl methyl sites for hydroxylation is 2. The largest absolute Gasteiger partial charge is 0.378 e. The van der Waals surface area contributed by atoms with Crippen LogP contribution in [0.25, 0.3) is 11.0 Å². The van der Waals surface area contributed by atoms with Crippen LogP contribution in [0.5, 0.6) is 0 Å². The zero-order chi connectivity index (χ0) is 21.0. The predicted molar refractivity (Wildman–Crippen MR) is 110 cm³/mol. The Morgan fingerprint density at radius 1 is 0.793 bits per heavy atom. The lowest BCUT2D eigenvalue weighted by Gasteiger charge is -2.08. The molecule has 4 aromatic rings. The summed E-state index contributed by atoms with van der Waals surface area (Å²) in [4.78, 5) is 10.8. The Balaban J connectivity index is 0.000000166. The summed E-state index contributed by atoms with van der Waals surface area (Å²) in [6.45, 7) is 4.53. The standard InChI is InChI=1S/C12H14FNO.C11H10FNO/c1-3-9-5-7-12-11(13)6-4-10(8-15-2)14(9)12;1-2-8-4-6-11-10(12)5-3-9(7-14)13(8)11/h4-7H,3,8H2,1-2H3;3-7H,2H2,1H3. The molecule has 29 heavy (non-hydrogen) atoms. The summed E-state index contributed by atoms with van der Waals surface area (Å²) in [6.07, 6.45) is 2.40. The molecule has 6 heteroatoms. The summed E-state index contributed by atoms with van der Waals surface area (Å²) in [6, 6.07) is 13.4. The van der Waals surface area contributed by atoms with E-state index in [-0.39, 0.29) is 11.6 Å². The van der Waals surface area contributed by atoms with Crippen LogP contribution >= 0.6 is 0 Å². The topological polar surface area (TPSA) is 35.1 Å². The number of carbonyl (C=O) groups is 1. The summed E-state index contributed by atoms with van der Waals surface area (Å²) in [5.74, 6) is -0.482. The molecule has 0 atom stereocenters. The fraction of sp³-hybridized carbons (Fsp3) is 0.261. The maximum absolute atomic E-state index is 13.5. The summed E-state index contributed by atoms with van der Waals surface area (Å²) < 4.78 is 35.5. The Morgan fingerprint density at radius 2 is 1.31 bits per heavy atom. The maximum Gasteiger partial charge on any atom is 0.166 e. The van der Waals surface area contributed by atoms with Crippen molar-refractivity contribution in [2.45, 2.75) is 33.3 Å². The molecule has 0 N–H and O–H groups in total. The monoisotopic (exact) mass is 398 g/mol. The van der Waals surface area contributed by atoms with Crippen molar-refractivity contribution < 1.29 is 18.3 Å². The first-order valence-corrected chi connectivity index (χ1v) is 9.56. The van der Waals surface area contributed by atoms with Crippen molar-refractivity contribution in [2.75, 3.05) is 7.11 Å². The normalized spacial score (nSPS) is 10.9. The molecule has 4 aromatic heterocycles. The van der Waals surface area contributed by atoms with Crippen molar-refractivity contribution in [3.8, 4) is 0 Å². The zero-order valence-corrected chi connectivity index (χ0v) is 16.8. The molecule has 0 amide bonds. The van der Waals surface area contributed by atoms with Crippen molar-refractivity contribution >= 4 is 17.3 Å². The minimum absolute atomic E-state index is 0.186. The number of carbonyl (C=O) groups excluding carboxylic acids is 1. The average Bonchev–Trinajstić information content (AvgIpc) is 3.36. The predicted octanol–water partition coefficient (Wildman–Crippen LogP) is 5.24. The molecular formula is C23H24F2N2O2. The lowest BCUT2D eigenvalue weighted by Crippen LogP contribution is -2.02. The van der Waals surface area contributed by atoms with E-state index in [1.807, 2.05) is 29.5 Å². The molecule has 0 saturated heterocycles. The van der Waals surface area contributed by atoms with Gasteiger partial charge in [0.15, 0.2) is 6.29 Å². The van der Waals surface area contributed by atoms with Gasteiger partial charge >= 0.3 is 0 Å². The van der Waals surface area contributed by atoms with Crippen LogP contribution in [0.4, 0.5) is 8.78 Å². The molecule has 0 aliphatic rings. The van der Waals surface area contributed by atoms with Gasteiger partial charge in [-0.15, -0.1) is 0 Å². The number of aromatic nitrogens is 2. The molecule has 0 aliphatic carbocycles. The van der Waals surface area contributed by atoms with E-state index in [2.05, 4.69) is 6.92 Å². The van der Waals surface area contributed by atoms with Crippen LogP contribution in [0.2, 0.25) is 0 Å². The second kappa shape index (κ2) is 9.01. The molecule has 4 heterocycles. The SMILES string of the molecule is CCc1ccc2c(F)ccc(C=O)n12.CCc1ccc2c(F)ccc(COC)n12. The number of halogens is 2. The summed E-state index contributed by atoms with van der Waals surface area (Å²) in [5, 5.41) is 0. The molecule has 4 nitrogen and oxygen atoms in total. The van der Waals surface area contributed by atoms with Gasteiger partial charge in [-0.25, -0.2) is 8.78 Å². The van der Waals surface area contributed by atoms with Gasteiger partial charge in [-0.2, -0.15) is 0 Å². The van der Waals surface area contributed by atoms with E-state index >= 15 is 0 Å².